The maximum Gasteiger partial charge on any atom is 0.161 e. The van der Waals surface area contributed by atoms with Crippen LogP contribution in [0.2, 0.25) is 0 Å². The summed E-state index contributed by atoms with van der Waals surface area (Å²) in [5.74, 6) is 1.68. The minimum absolute atomic E-state index is 0.236. The molecule has 4 nitrogen and oxygen atoms in total. The summed E-state index contributed by atoms with van der Waals surface area (Å²) in [6.45, 7) is 9.63. The normalized spacial score (nSPS) is 24.3. The molecule has 1 fully saturated rings. The molecular weight excluding hydrogens is 358 g/mol. The molecule has 1 unspecified atom stereocenters. The van der Waals surface area contributed by atoms with Crippen molar-refractivity contribution >= 4 is 11.6 Å². The molecule has 0 aromatic heterocycles. The van der Waals surface area contributed by atoms with Crippen molar-refractivity contribution in [2.75, 3.05) is 19.6 Å². The van der Waals surface area contributed by atoms with Gasteiger partial charge in [-0.25, -0.2) is 0 Å². The third-order valence-corrected chi connectivity index (χ3v) is 6.40. The van der Waals surface area contributed by atoms with Gasteiger partial charge in [0.25, 0.3) is 0 Å². The van der Waals surface area contributed by atoms with E-state index in [1.807, 2.05) is 13.0 Å². The molecule has 2 aliphatic rings. The number of piperidine rings is 1. The van der Waals surface area contributed by atoms with E-state index in [0.29, 0.717) is 24.1 Å². The molecule has 2 aliphatic heterocycles. The van der Waals surface area contributed by atoms with Gasteiger partial charge in [-0.1, -0.05) is 49.8 Å². The Morgan fingerprint density at radius 3 is 2.55 bits per heavy atom. The van der Waals surface area contributed by atoms with Crippen LogP contribution in [0.25, 0.3) is 0 Å². The van der Waals surface area contributed by atoms with Gasteiger partial charge in [0.05, 0.1) is 5.54 Å². The van der Waals surface area contributed by atoms with Gasteiger partial charge in [-0.15, -0.1) is 0 Å². The fraction of sp³-hybridized carbons (Fsp3) is 0.600. The number of carbonyl (C=O) groups excluding carboxylic acids is 1. The third kappa shape index (κ3) is 6.27. The fourth-order valence-electron chi connectivity index (χ4n) is 4.89. The summed E-state index contributed by atoms with van der Waals surface area (Å²) < 4.78 is 0. The summed E-state index contributed by atoms with van der Waals surface area (Å²) in [6, 6.07) is 10.7. The number of carbonyl (C=O) groups is 1. The molecule has 2 heterocycles. The first-order chi connectivity index (χ1) is 13.8. The Morgan fingerprint density at radius 1 is 1.21 bits per heavy atom. The lowest BCUT2D eigenvalue weighted by atomic mass is 9.83. The quantitative estimate of drug-likeness (QED) is 0.709. The highest BCUT2D eigenvalue weighted by molar-refractivity contribution is 6.01. The first kappa shape index (κ1) is 21.8. The minimum Gasteiger partial charge on any atom is -0.358 e. The zero-order valence-electron chi connectivity index (χ0n) is 18.3. The SMILES string of the molecule is CC(C)CC1(C)NC(=N)C=C(CC2CCN(CCc3ccccc3)CC2)CC1=O. The predicted octanol–water partition coefficient (Wildman–Crippen LogP) is 4.60. The topological polar surface area (TPSA) is 56.2 Å². The van der Waals surface area contributed by atoms with Crippen molar-refractivity contribution < 1.29 is 4.79 Å². The Hall–Kier alpha value is -1.94. The van der Waals surface area contributed by atoms with Gasteiger partial charge in [0, 0.05) is 13.0 Å². The van der Waals surface area contributed by atoms with Crippen LogP contribution in [-0.2, 0) is 11.2 Å². The van der Waals surface area contributed by atoms with Gasteiger partial charge in [-0.05, 0) is 75.6 Å². The lowest BCUT2D eigenvalue weighted by Crippen LogP contribution is -2.51. The largest absolute Gasteiger partial charge is 0.358 e. The molecule has 1 aromatic rings. The van der Waals surface area contributed by atoms with Crippen molar-refractivity contribution in [2.45, 2.75) is 64.8 Å². The zero-order valence-corrected chi connectivity index (χ0v) is 18.3. The van der Waals surface area contributed by atoms with E-state index in [2.05, 4.69) is 54.4 Å². The van der Waals surface area contributed by atoms with Crippen LogP contribution in [0.3, 0.4) is 0 Å². The number of nitrogens with one attached hydrogen (secondary N) is 2. The molecule has 0 radical (unpaired) electrons. The number of hydrogen-bond acceptors (Lipinski definition) is 3. The van der Waals surface area contributed by atoms with Crippen LogP contribution in [0.5, 0.6) is 0 Å². The van der Waals surface area contributed by atoms with Crippen molar-refractivity contribution in [3.05, 3.63) is 47.5 Å². The van der Waals surface area contributed by atoms with E-state index in [1.165, 1.54) is 18.4 Å². The molecule has 3 rings (SSSR count). The molecule has 0 aliphatic carbocycles. The third-order valence-electron chi connectivity index (χ3n) is 6.40. The Labute approximate surface area is 176 Å². The molecule has 0 bridgehead atoms. The van der Waals surface area contributed by atoms with Gasteiger partial charge in [0.15, 0.2) is 5.78 Å². The maximum atomic E-state index is 12.9. The summed E-state index contributed by atoms with van der Waals surface area (Å²) in [7, 11) is 0. The van der Waals surface area contributed by atoms with E-state index in [-0.39, 0.29) is 5.78 Å². The van der Waals surface area contributed by atoms with Crippen LogP contribution in [0, 0.1) is 17.2 Å². The molecular formula is C25H37N3O. The standard InChI is InChI=1S/C25H37N3O/c1-19(2)18-25(3)23(29)16-22(17-24(26)27-25)15-21-10-13-28(14-11-21)12-9-20-7-5-4-6-8-20/h4-8,17,19,21H,9-16,18H2,1-3H3,(H2,26,27). The van der Waals surface area contributed by atoms with E-state index < -0.39 is 5.54 Å². The highest BCUT2D eigenvalue weighted by Gasteiger charge is 2.36. The molecule has 1 saturated heterocycles. The van der Waals surface area contributed by atoms with E-state index in [1.54, 1.807) is 0 Å². The number of nitrogens with zero attached hydrogens (tertiary/aromatic N) is 1. The van der Waals surface area contributed by atoms with Gasteiger partial charge in [-0.2, -0.15) is 0 Å². The molecule has 1 aromatic carbocycles. The number of benzene rings is 1. The van der Waals surface area contributed by atoms with Gasteiger partial charge in [0.1, 0.15) is 5.84 Å². The monoisotopic (exact) mass is 395 g/mol. The maximum absolute atomic E-state index is 12.9. The number of allylic oxidation sites excluding steroid dienone is 1. The van der Waals surface area contributed by atoms with Crippen LogP contribution >= 0.6 is 0 Å². The Balaban J connectivity index is 1.48. The minimum atomic E-state index is -0.607. The van der Waals surface area contributed by atoms with Crippen molar-refractivity contribution in [1.82, 2.24) is 10.2 Å². The van der Waals surface area contributed by atoms with E-state index in [0.717, 1.165) is 44.5 Å². The van der Waals surface area contributed by atoms with E-state index in [9.17, 15) is 4.79 Å². The zero-order chi connectivity index (χ0) is 20.9. The lowest BCUT2D eigenvalue weighted by molar-refractivity contribution is -0.124. The lowest BCUT2D eigenvalue weighted by Gasteiger charge is -2.32. The first-order valence-electron chi connectivity index (χ1n) is 11.2. The number of hydrogen-bond donors (Lipinski definition) is 2. The average molecular weight is 396 g/mol. The second kappa shape index (κ2) is 9.71. The Morgan fingerprint density at radius 2 is 1.90 bits per heavy atom. The number of Topliss-reactive ketones (excluding diaryl/α,β-unsaturated/α-hetero) is 1. The van der Waals surface area contributed by atoms with Gasteiger partial charge in [0.2, 0.25) is 0 Å². The first-order valence-corrected chi connectivity index (χ1v) is 11.2. The number of likely N-dealkylation sites (tertiary alicyclic amines) is 1. The van der Waals surface area contributed by atoms with Crippen LogP contribution in [0.15, 0.2) is 42.0 Å². The summed E-state index contributed by atoms with van der Waals surface area (Å²) in [5, 5.41) is 11.5. The molecule has 158 valence electrons. The molecule has 4 heteroatoms. The van der Waals surface area contributed by atoms with Crippen LogP contribution in [0.1, 0.15) is 58.4 Å². The number of ketones is 1. The van der Waals surface area contributed by atoms with Crippen LogP contribution < -0.4 is 5.32 Å². The molecule has 1 atom stereocenters. The van der Waals surface area contributed by atoms with Gasteiger partial charge in [-0.3, -0.25) is 10.2 Å². The summed E-state index contributed by atoms with van der Waals surface area (Å²) in [6.07, 6.45) is 7.63. The van der Waals surface area contributed by atoms with Gasteiger partial charge >= 0.3 is 0 Å². The molecule has 0 spiro atoms. The van der Waals surface area contributed by atoms with Crippen LogP contribution in [0.4, 0.5) is 0 Å². The van der Waals surface area contributed by atoms with E-state index >= 15 is 0 Å². The molecule has 0 amide bonds. The molecule has 2 N–H and O–H groups in total. The van der Waals surface area contributed by atoms with E-state index in [4.69, 9.17) is 5.41 Å². The predicted molar refractivity (Wildman–Crippen MR) is 120 cm³/mol. The average Bonchev–Trinajstić information content (AvgIpc) is 2.76. The highest BCUT2D eigenvalue weighted by Crippen LogP contribution is 2.30. The summed E-state index contributed by atoms with van der Waals surface area (Å²) in [4.78, 5) is 15.5. The molecule has 0 saturated carbocycles. The Kier molecular flexibility index (Phi) is 7.28. The van der Waals surface area contributed by atoms with Crippen molar-refractivity contribution in [1.29, 1.82) is 5.41 Å². The summed E-state index contributed by atoms with van der Waals surface area (Å²) in [5.41, 5.74) is 1.94. The number of rotatable bonds is 7. The second-order valence-corrected chi connectivity index (χ2v) is 9.60. The number of amidine groups is 1. The smallest absolute Gasteiger partial charge is 0.161 e. The highest BCUT2D eigenvalue weighted by atomic mass is 16.1. The Bertz CT molecular complexity index is 732. The van der Waals surface area contributed by atoms with Gasteiger partial charge < -0.3 is 10.2 Å². The van der Waals surface area contributed by atoms with Crippen molar-refractivity contribution in [3.63, 3.8) is 0 Å². The second-order valence-electron chi connectivity index (χ2n) is 9.60. The van der Waals surface area contributed by atoms with Crippen molar-refractivity contribution in [2.24, 2.45) is 11.8 Å². The fourth-order valence-corrected chi connectivity index (χ4v) is 4.89. The van der Waals surface area contributed by atoms with Crippen LogP contribution in [-0.4, -0.2) is 41.7 Å². The molecule has 29 heavy (non-hydrogen) atoms. The van der Waals surface area contributed by atoms with Crippen molar-refractivity contribution in [3.8, 4) is 0 Å². The summed E-state index contributed by atoms with van der Waals surface area (Å²) >= 11 is 0.